The van der Waals surface area contributed by atoms with Crippen molar-refractivity contribution >= 4 is 40.9 Å². The summed E-state index contributed by atoms with van der Waals surface area (Å²) in [5.41, 5.74) is 7.23. The van der Waals surface area contributed by atoms with Gasteiger partial charge in [-0.1, -0.05) is 47.5 Å². The van der Waals surface area contributed by atoms with Crippen molar-refractivity contribution in [1.82, 2.24) is 5.32 Å². The van der Waals surface area contributed by atoms with Crippen LogP contribution in [-0.4, -0.2) is 16.9 Å². The van der Waals surface area contributed by atoms with Crippen molar-refractivity contribution in [1.29, 1.82) is 0 Å². The fourth-order valence-corrected chi connectivity index (χ4v) is 4.29. The minimum absolute atomic E-state index is 0.0220. The number of ether oxygens (including phenoxy) is 1. The zero-order chi connectivity index (χ0) is 24.4. The van der Waals surface area contributed by atoms with Gasteiger partial charge in [-0.2, -0.15) is 0 Å². The molecular weight excluding hydrogens is 444 g/mol. The molecule has 172 valence electrons. The SMILES string of the molecule is Cc1ccc(N2C(=O)/C(=C/c3ccc(OCc4c(C)cc(C)cc4C)cc3)C(=O)NC2=S)cc1. The number of rotatable bonds is 5. The zero-order valence-electron chi connectivity index (χ0n) is 19.6. The van der Waals surface area contributed by atoms with E-state index in [1.807, 2.05) is 43.3 Å². The summed E-state index contributed by atoms with van der Waals surface area (Å²) in [7, 11) is 0. The predicted molar refractivity (Wildman–Crippen MR) is 139 cm³/mol. The van der Waals surface area contributed by atoms with Crippen LogP contribution in [0.3, 0.4) is 0 Å². The van der Waals surface area contributed by atoms with E-state index in [-0.39, 0.29) is 10.7 Å². The van der Waals surface area contributed by atoms with Gasteiger partial charge in [0.1, 0.15) is 17.9 Å². The second-order valence-corrected chi connectivity index (χ2v) is 8.92. The van der Waals surface area contributed by atoms with E-state index in [4.69, 9.17) is 17.0 Å². The molecule has 3 aromatic carbocycles. The predicted octanol–water partition coefficient (Wildman–Crippen LogP) is 5.33. The molecule has 1 N–H and O–H groups in total. The minimum atomic E-state index is -0.510. The fraction of sp³-hybridized carbons (Fsp3) is 0.179. The molecule has 0 aromatic heterocycles. The summed E-state index contributed by atoms with van der Waals surface area (Å²) in [5.74, 6) is -0.254. The lowest BCUT2D eigenvalue weighted by Gasteiger charge is -2.29. The lowest BCUT2D eigenvalue weighted by molar-refractivity contribution is -0.122. The molecule has 1 aliphatic heterocycles. The molecule has 5 nitrogen and oxygen atoms in total. The third kappa shape index (κ3) is 4.92. The highest BCUT2D eigenvalue weighted by atomic mass is 32.1. The van der Waals surface area contributed by atoms with E-state index < -0.39 is 11.8 Å². The Morgan fingerprint density at radius 3 is 2.12 bits per heavy atom. The molecule has 1 fully saturated rings. The van der Waals surface area contributed by atoms with Crippen molar-refractivity contribution in [2.75, 3.05) is 4.90 Å². The Morgan fingerprint density at radius 1 is 0.882 bits per heavy atom. The third-order valence-corrected chi connectivity index (χ3v) is 6.09. The average Bonchev–Trinajstić information content (AvgIpc) is 2.78. The van der Waals surface area contributed by atoms with E-state index in [1.54, 1.807) is 18.2 Å². The molecule has 0 spiro atoms. The van der Waals surface area contributed by atoms with Crippen LogP contribution in [0, 0.1) is 27.7 Å². The first-order valence-electron chi connectivity index (χ1n) is 11.0. The largest absolute Gasteiger partial charge is 0.489 e. The number of hydrogen-bond acceptors (Lipinski definition) is 4. The van der Waals surface area contributed by atoms with Crippen LogP contribution in [0.5, 0.6) is 5.75 Å². The van der Waals surface area contributed by atoms with Crippen molar-refractivity contribution in [3.63, 3.8) is 0 Å². The van der Waals surface area contributed by atoms with E-state index >= 15 is 0 Å². The van der Waals surface area contributed by atoms with Crippen LogP contribution < -0.4 is 15.0 Å². The summed E-state index contributed by atoms with van der Waals surface area (Å²) in [5, 5.41) is 2.68. The first-order chi connectivity index (χ1) is 16.2. The van der Waals surface area contributed by atoms with Crippen LogP contribution in [-0.2, 0) is 16.2 Å². The molecular formula is C28H26N2O3S. The maximum atomic E-state index is 13.1. The Kier molecular flexibility index (Phi) is 6.61. The molecule has 3 aromatic rings. The van der Waals surface area contributed by atoms with Crippen molar-refractivity contribution < 1.29 is 14.3 Å². The Morgan fingerprint density at radius 2 is 1.50 bits per heavy atom. The molecule has 1 aliphatic rings. The normalized spacial score (nSPS) is 15.0. The van der Waals surface area contributed by atoms with Gasteiger partial charge in [-0.05, 0) is 92.5 Å². The van der Waals surface area contributed by atoms with Gasteiger partial charge < -0.3 is 4.74 Å². The maximum Gasteiger partial charge on any atom is 0.270 e. The molecule has 2 amide bonds. The molecule has 4 rings (SSSR count). The lowest BCUT2D eigenvalue weighted by atomic mass is 10.0. The number of hydrogen-bond donors (Lipinski definition) is 1. The van der Waals surface area contributed by atoms with Gasteiger partial charge in [-0.25, -0.2) is 0 Å². The van der Waals surface area contributed by atoms with Crippen LogP contribution in [0.25, 0.3) is 6.08 Å². The van der Waals surface area contributed by atoms with Crippen LogP contribution in [0.2, 0.25) is 0 Å². The number of nitrogens with one attached hydrogen (secondary N) is 1. The summed E-state index contributed by atoms with van der Waals surface area (Å²) in [6.45, 7) is 8.70. The van der Waals surface area contributed by atoms with Crippen LogP contribution in [0.1, 0.15) is 33.4 Å². The molecule has 0 atom stereocenters. The Labute approximate surface area is 205 Å². The van der Waals surface area contributed by atoms with Gasteiger partial charge in [0.2, 0.25) is 0 Å². The Bertz CT molecular complexity index is 1290. The Hall–Kier alpha value is -3.77. The van der Waals surface area contributed by atoms with Gasteiger partial charge in [0.15, 0.2) is 5.11 Å². The van der Waals surface area contributed by atoms with Crippen molar-refractivity contribution in [3.05, 3.63) is 99.6 Å². The van der Waals surface area contributed by atoms with Gasteiger partial charge in [-0.3, -0.25) is 19.8 Å². The molecule has 0 bridgehead atoms. The van der Waals surface area contributed by atoms with E-state index in [0.717, 1.165) is 5.56 Å². The highest BCUT2D eigenvalue weighted by Crippen LogP contribution is 2.24. The summed E-state index contributed by atoms with van der Waals surface area (Å²) in [4.78, 5) is 27.0. The molecule has 34 heavy (non-hydrogen) atoms. The van der Waals surface area contributed by atoms with E-state index in [1.165, 1.54) is 27.2 Å². The molecule has 0 unspecified atom stereocenters. The fourth-order valence-electron chi connectivity index (χ4n) is 4.01. The summed E-state index contributed by atoms with van der Waals surface area (Å²) >= 11 is 5.25. The van der Waals surface area contributed by atoms with Crippen LogP contribution >= 0.6 is 12.2 Å². The van der Waals surface area contributed by atoms with Crippen LogP contribution in [0.15, 0.2) is 66.2 Å². The number of thiocarbonyl (C=S) groups is 1. The smallest absolute Gasteiger partial charge is 0.270 e. The summed E-state index contributed by atoms with van der Waals surface area (Å²) in [6.07, 6.45) is 1.57. The average molecular weight is 471 g/mol. The monoisotopic (exact) mass is 470 g/mol. The molecule has 6 heteroatoms. The van der Waals surface area contributed by atoms with Gasteiger partial charge in [-0.15, -0.1) is 0 Å². The molecule has 0 saturated carbocycles. The number of carbonyl (C=O) groups excluding carboxylic acids is 2. The Balaban J connectivity index is 1.52. The van der Waals surface area contributed by atoms with Crippen molar-refractivity contribution in [3.8, 4) is 5.75 Å². The molecule has 1 heterocycles. The number of carbonyl (C=O) groups is 2. The van der Waals surface area contributed by atoms with E-state index in [9.17, 15) is 9.59 Å². The second-order valence-electron chi connectivity index (χ2n) is 8.53. The van der Waals surface area contributed by atoms with Gasteiger partial charge in [0, 0.05) is 0 Å². The van der Waals surface area contributed by atoms with Crippen molar-refractivity contribution in [2.45, 2.75) is 34.3 Å². The number of aryl methyl sites for hydroxylation is 4. The molecule has 0 aliphatic carbocycles. The second kappa shape index (κ2) is 9.61. The summed E-state index contributed by atoms with van der Waals surface area (Å²) < 4.78 is 5.99. The third-order valence-electron chi connectivity index (χ3n) is 5.81. The van der Waals surface area contributed by atoms with E-state index in [0.29, 0.717) is 23.6 Å². The van der Waals surface area contributed by atoms with Crippen LogP contribution in [0.4, 0.5) is 5.69 Å². The lowest BCUT2D eigenvalue weighted by Crippen LogP contribution is -2.54. The number of nitrogens with zero attached hydrogens (tertiary/aromatic N) is 1. The van der Waals surface area contributed by atoms with Gasteiger partial charge >= 0.3 is 0 Å². The van der Waals surface area contributed by atoms with E-state index in [2.05, 4.69) is 38.2 Å². The summed E-state index contributed by atoms with van der Waals surface area (Å²) in [6, 6.07) is 19.0. The number of benzene rings is 3. The van der Waals surface area contributed by atoms with Gasteiger partial charge in [0.25, 0.3) is 11.8 Å². The first kappa shape index (κ1) is 23.4. The molecule has 0 radical (unpaired) electrons. The van der Waals surface area contributed by atoms with Gasteiger partial charge in [0.05, 0.1) is 5.69 Å². The zero-order valence-corrected chi connectivity index (χ0v) is 20.5. The first-order valence-corrected chi connectivity index (χ1v) is 11.4. The topological polar surface area (TPSA) is 58.6 Å². The quantitative estimate of drug-likeness (QED) is 0.311. The van der Waals surface area contributed by atoms with Crippen molar-refractivity contribution in [2.24, 2.45) is 0 Å². The highest BCUT2D eigenvalue weighted by Gasteiger charge is 2.34. The number of amides is 2. The minimum Gasteiger partial charge on any atom is -0.489 e. The maximum absolute atomic E-state index is 13.1. The standard InChI is InChI=1S/C28H26N2O3S/c1-17-5-9-22(10-6-17)30-27(32)24(26(31)29-28(30)34)15-21-7-11-23(12-8-21)33-16-25-19(3)13-18(2)14-20(25)4/h5-15H,16H2,1-4H3,(H,29,31,34)/b24-15+. The molecule has 1 saturated heterocycles. The number of anilines is 1. The highest BCUT2D eigenvalue weighted by molar-refractivity contribution is 7.80.